The topological polar surface area (TPSA) is 87.5 Å². The summed E-state index contributed by atoms with van der Waals surface area (Å²) < 4.78 is 16.9. The number of carbonyl (C=O) groups excluding carboxylic acids is 1. The van der Waals surface area contributed by atoms with Crippen LogP contribution in [0.1, 0.15) is 21.9 Å². The third-order valence-corrected chi connectivity index (χ3v) is 5.51. The van der Waals surface area contributed by atoms with Gasteiger partial charge in [-0.3, -0.25) is 9.36 Å². The third kappa shape index (κ3) is 3.94. The van der Waals surface area contributed by atoms with E-state index in [2.05, 4.69) is 4.98 Å². The molecular formula is C20H15ClN2O5S. The molecule has 0 saturated carbocycles. The molecule has 1 aromatic carbocycles. The molecule has 0 saturated heterocycles. The molecule has 4 rings (SSSR count). The molecule has 9 heteroatoms. The number of hydrogen-bond acceptors (Lipinski definition) is 7. The molecule has 4 aromatic rings. The lowest BCUT2D eigenvalue weighted by molar-refractivity contribution is 0.0564. The molecule has 0 aliphatic carbocycles. The lowest BCUT2D eigenvalue weighted by Gasteiger charge is -2.12. The monoisotopic (exact) mass is 430 g/mol. The van der Waals surface area contributed by atoms with Crippen molar-refractivity contribution in [3.63, 3.8) is 0 Å². The van der Waals surface area contributed by atoms with Gasteiger partial charge >= 0.3 is 5.97 Å². The van der Waals surface area contributed by atoms with Crippen LogP contribution in [0.2, 0.25) is 5.02 Å². The first-order chi connectivity index (χ1) is 14.1. The fraction of sp³-hybridized carbons (Fsp3) is 0.150. The molecule has 3 aromatic heterocycles. The Kier molecular flexibility index (Phi) is 5.46. The van der Waals surface area contributed by atoms with Gasteiger partial charge in [-0.15, -0.1) is 0 Å². The number of hydrogen-bond donors (Lipinski definition) is 0. The van der Waals surface area contributed by atoms with Gasteiger partial charge < -0.3 is 13.6 Å². The summed E-state index contributed by atoms with van der Waals surface area (Å²) in [6.45, 7) is 0.231. The van der Waals surface area contributed by atoms with Crippen LogP contribution in [0, 0.1) is 0 Å². The Morgan fingerprint density at radius 2 is 2.10 bits per heavy atom. The Balaban J connectivity index is 1.74. The predicted octanol–water partition coefficient (Wildman–Crippen LogP) is 4.36. The molecule has 7 nitrogen and oxygen atoms in total. The van der Waals surface area contributed by atoms with Gasteiger partial charge in [-0.25, -0.2) is 9.78 Å². The smallest absolute Gasteiger partial charge is 0.374 e. The van der Waals surface area contributed by atoms with Gasteiger partial charge in [0.05, 0.1) is 37.1 Å². The number of methoxy groups -OCH3 is 1. The molecule has 0 amide bonds. The molecule has 0 N–H and O–H groups in total. The Bertz CT molecular complexity index is 1230. The zero-order valence-corrected chi connectivity index (χ0v) is 16.8. The van der Waals surface area contributed by atoms with Gasteiger partial charge in [0.25, 0.3) is 5.56 Å². The van der Waals surface area contributed by atoms with E-state index in [4.69, 9.17) is 25.2 Å². The van der Waals surface area contributed by atoms with E-state index in [9.17, 15) is 9.59 Å². The Labute approximate surface area is 174 Å². The number of rotatable bonds is 6. The van der Waals surface area contributed by atoms with Gasteiger partial charge in [-0.2, -0.15) is 0 Å². The summed E-state index contributed by atoms with van der Waals surface area (Å²) >= 11 is 7.38. The second-order valence-corrected chi connectivity index (χ2v) is 7.46. The summed E-state index contributed by atoms with van der Waals surface area (Å²) in [4.78, 5) is 29.6. The Morgan fingerprint density at radius 3 is 2.86 bits per heavy atom. The van der Waals surface area contributed by atoms with E-state index in [0.29, 0.717) is 38.2 Å². The van der Waals surface area contributed by atoms with Crippen molar-refractivity contribution in [3.05, 3.63) is 81.4 Å². The van der Waals surface area contributed by atoms with E-state index in [1.165, 1.54) is 29.7 Å². The number of benzene rings is 1. The molecule has 29 heavy (non-hydrogen) atoms. The highest BCUT2D eigenvalue weighted by molar-refractivity contribution is 7.98. The number of halogens is 1. The van der Waals surface area contributed by atoms with Crippen LogP contribution in [0.5, 0.6) is 0 Å². The highest BCUT2D eigenvalue weighted by atomic mass is 35.5. The van der Waals surface area contributed by atoms with E-state index >= 15 is 0 Å². The van der Waals surface area contributed by atoms with Crippen molar-refractivity contribution in [2.24, 2.45) is 0 Å². The van der Waals surface area contributed by atoms with Crippen LogP contribution >= 0.6 is 23.4 Å². The first-order valence-electron chi connectivity index (χ1n) is 8.57. The first-order valence-corrected chi connectivity index (χ1v) is 9.93. The highest BCUT2D eigenvalue weighted by Gasteiger charge is 2.18. The highest BCUT2D eigenvalue weighted by Crippen LogP contribution is 2.26. The normalized spacial score (nSPS) is 11.1. The van der Waals surface area contributed by atoms with Crippen molar-refractivity contribution in [3.8, 4) is 0 Å². The van der Waals surface area contributed by atoms with E-state index in [1.807, 2.05) is 0 Å². The molecule has 0 fully saturated rings. The third-order valence-electron chi connectivity index (χ3n) is 4.25. The zero-order valence-electron chi connectivity index (χ0n) is 15.3. The van der Waals surface area contributed by atoms with Crippen LogP contribution in [-0.2, 0) is 17.0 Å². The average Bonchev–Trinajstić information content (AvgIpc) is 3.39. The van der Waals surface area contributed by atoms with Crippen LogP contribution < -0.4 is 5.56 Å². The quantitative estimate of drug-likeness (QED) is 0.255. The molecule has 0 bridgehead atoms. The molecule has 3 heterocycles. The number of furan rings is 2. The molecule has 0 unspecified atom stereocenters. The SMILES string of the molecule is COC(=O)c1occc1CSc1nc2cc(Cl)ccc2c(=O)n1Cc1ccco1. The van der Waals surface area contributed by atoms with Crippen molar-refractivity contribution in [1.82, 2.24) is 9.55 Å². The molecule has 148 valence electrons. The van der Waals surface area contributed by atoms with Gasteiger partial charge in [0.2, 0.25) is 5.76 Å². The minimum atomic E-state index is -0.558. The number of esters is 1. The zero-order chi connectivity index (χ0) is 20.4. The van der Waals surface area contributed by atoms with Crippen molar-refractivity contribution < 1.29 is 18.4 Å². The lowest BCUT2D eigenvalue weighted by Crippen LogP contribution is -2.23. The number of aromatic nitrogens is 2. The maximum absolute atomic E-state index is 13.1. The molecule has 0 radical (unpaired) electrons. The fourth-order valence-electron chi connectivity index (χ4n) is 2.85. The maximum Gasteiger partial charge on any atom is 0.374 e. The minimum Gasteiger partial charge on any atom is -0.467 e. The van der Waals surface area contributed by atoms with Crippen molar-refractivity contribution in [2.45, 2.75) is 17.5 Å². The van der Waals surface area contributed by atoms with Gasteiger partial charge in [0.1, 0.15) is 5.76 Å². The molecule has 0 spiro atoms. The molecule has 0 aliphatic rings. The van der Waals surface area contributed by atoms with Gasteiger partial charge in [-0.05, 0) is 36.4 Å². The van der Waals surface area contributed by atoms with Crippen LogP contribution in [0.4, 0.5) is 0 Å². The molecular weight excluding hydrogens is 416 g/mol. The molecule has 0 aliphatic heterocycles. The minimum absolute atomic E-state index is 0.128. The second kappa shape index (κ2) is 8.18. The predicted molar refractivity (Wildman–Crippen MR) is 108 cm³/mol. The fourth-order valence-corrected chi connectivity index (χ4v) is 3.99. The number of nitrogens with zero attached hydrogens (tertiary/aromatic N) is 2. The van der Waals surface area contributed by atoms with Gasteiger partial charge in [0.15, 0.2) is 5.16 Å². The summed E-state index contributed by atoms with van der Waals surface area (Å²) in [5, 5.41) is 1.42. The van der Waals surface area contributed by atoms with E-state index < -0.39 is 5.97 Å². The van der Waals surface area contributed by atoms with E-state index in [1.54, 1.807) is 42.7 Å². The standard InChI is InChI=1S/C20H15ClN2O5S/c1-26-19(25)17-12(6-8-28-17)11-29-20-22-16-9-13(21)4-5-15(16)18(24)23(20)10-14-3-2-7-27-14/h2-9H,10-11H2,1H3. The summed E-state index contributed by atoms with van der Waals surface area (Å²) in [7, 11) is 1.29. The van der Waals surface area contributed by atoms with Crippen LogP contribution in [0.15, 0.2) is 67.7 Å². The number of ether oxygens (including phenoxy) is 1. The van der Waals surface area contributed by atoms with Gasteiger partial charge in [0, 0.05) is 16.3 Å². The lowest BCUT2D eigenvalue weighted by atomic mass is 10.2. The summed E-state index contributed by atoms with van der Waals surface area (Å²) in [6.07, 6.45) is 2.97. The number of fused-ring (bicyclic) bond motifs is 1. The average molecular weight is 431 g/mol. The number of thioether (sulfide) groups is 1. The van der Waals surface area contributed by atoms with Crippen LogP contribution in [0.25, 0.3) is 10.9 Å². The van der Waals surface area contributed by atoms with E-state index in [0.717, 1.165) is 0 Å². The second-order valence-electron chi connectivity index (χ2n) is 6.08. The largest absolute Gasteiger partial charge is 0.467 e. The summed E-state index contributed by atoms with van der Waals surface area (Å²) in [5.74, 6) is 0.556. The van der Waals surface area contributed by atoms with Crippen molar-refractivity contribution in [2.75, 3.05) is 7.11 Å². The summed E-state index contributed by atoms with van der Waals surface area (Å²) in [6, 6.07) is 10.2. The van der Waals surface area contributed by atoms with Crippen molar-refractivity contribution in [1.29, 1.82) is 0 Å². The number of carbonyl (C=O) groups is 1. The van der Waals surface area contributed by atoms with Gasteiger partial charge in [-0.1, -0.05) is 23.4 Å². The molecule has 0 atom stereocenters. The Morgan fingerprint density at radius 1 is 1.24 bits per heavy atom. The van der Waals surface area contributed by atoms with Crippen LogP contribution in [0.3, 0.4) is 0 Å². The summed E-state index contributed by atoms with van der Waals surface area (Å²) in [5.41, 5.74) is 0.943. The van der Waals surface area contributed by atoms with E-state index in [-0.39, 0.29) is 17.9 Å². The first kappa shape index (κ1) is 19.4. The Hall–Kier alpha value is -2.97. The van der Waals surface area contributed by atoms with Crippen molar-refractivity contribution >= 4 is 40.2 Å². The van der Waals surface area contributed by atoms with Crippen LogP contribution in [-0.4, -0.2) is 22.6 Å². The maximum atomic E-state index is 13.1.